The number of carbonyl (C=O) groups is 2. The minimum atomic E-state index is -1.03. The zero-order valence-corrected chi connectivity index (χ0v) is 12.5. The molecule has 0 aliphatic carbocycles. The Hall–Kier alpha value is -2.08. The molecule has 21 heavy (non-hydrogen) atoms. The summed E-state index contributed by atoms with van der Waals surface area (Å²) in [5, 5.41) is 11.8. The molecule has 0 aromatic heterocycles. The Morgan fingerprint density at radius 2 is 2.10 bits per heavy atom. The second kappa shape index (κ2) is 7.64. The van der Waals surface area contributed by atoms with E-state index in [4.69, 9.17) is 14.6 Å². The van der Waals surface area contributed by atoms with Gasteiger partial charge in [0, 0.05) is 6.61 Å². The summed E-state index contributed by atoms with van der Waals surface area (Å²) in [7, 11) is 1.53. The van der Waals surface area contributed by atoms with Crippen LogP contribution in [0.1, 0.15) is 25.8 Å². The number of carboxylic acids is 1. The quantitative estimate of drug-likeness (QED) is 0.760. The van der Waals surface area contributed by atoms with Gasteiger partial charge in [0.1, 0.15) is 12.4 Å². The van der Waals surface area contributed by atoms with Crippen molar-refractivity contribution in [1.29, 1.82) is 0 Å². The molecule has 1 unspecified atom stereocenters. The number of rotatable bonds is 8. The van der Waals surface area contributed by atoms with Crippen molar-refractivity contribution in [2.75, 3.05) is 20.3 Å². The van der Waals surface area contributed by atoms with Crippen molar-refractivity contribution in [2.24, 2.45) is 0 Å². The molecule has 0 fully saturated rings. The summed E-state index contributed by atoms with van der Waals surface area (Å²) in [5.41, 5.74) is -0.372. The van der Waals surface area contributed by atoms with Gasteiger partial charge in [-0.1, -0.05) is 12.1 Å². The second-order valence-electron chi connectivity index (χ2n) is 4.82. The van der Waals surface area contributed by atoms with E-state index in [1.54, 1.807) is 38.1 Å². The molecule has 1 rings (SSSR count). The molecule has 0 saturated heterocycles. The molecule has 0 spiro atoms. The second-order valence-corrected chi connectivity index (χ2v) is 4.82. The Labute approximate surface area is 124 Å². The van der Waals surface area contributed by atoms with Crippen molar-refractivity contribution < 1.29 is 24.2 Å². The third kappa shape index (κ3) is 5.07. The summed E-state index contributed by atoms with van der Waals surface area (Å²) < 4.78 is 10.2. The zero-order valence-electron chi connectivity index (χ0n) is 12.5. The normalized spacial score (nSPS) is 13.3. The molecule has 1 amide bonds. The Morgan fingerprint density at radius 3 is 2.67 bits per heavy atom. The van der Waals surface area contributed by atoms with E-state index in [0.717, 1.165) is 0 Å². The lowest BCUT2D eigenvalue weighted by atomic mass is 9.88. The molecule has 0 aliphatic rings. The third-order valence-electron chi connectivity index (χ3n) is 3.06. The fourth-order valence-corrected chi connectivity index (χ4v) is 2.03. The highest BCUT2D eigenvalue weighted by Gasteiger charge is 2.31. The van der Waals surface area contributed by atoms with Crippen molar-refractivity contribution in [3.8, 4) is 5.75 Å². The summed E-state index contributed by atoms with van der Waals surface area (Å²) in [6.07, 6.45) is -0.238. The van der Waals surface area contributed by atoms with Crippen LogP contribution in [0.15, 0.2) is 24.3 Å². The van der Waals surface area contributed by atoms with Crippen molar-refractivity contribution >= 4 is 11.9 Å². The Balaban J connectivity index is 3.01. The standard InChI is InChI=1S/C15H21NO5/c1-4-21-10-13(17)16-15(2,9-14(18)19)11-6-5-7-12(8-11)20-3/h5-8H,4,9-10H2,1-3H3,(H,16,17)(H,18,19). The van der Waals surface area contributed by atoms with Gasteiger partial charge in [-0.15, -0.1) is 0 Å². The molecule has 6 heteroatoms. The first-order valence-corrected chi connectivity index (χ1v) is 6.66. The molecule has 0 heterocycles. The molecule has 116 valence electrons. The summed E-state index contributed by atoms with van der Waals surface area (Å²) >= 11 is 0. The number of ether oxygens (including phenoxy) is 2. The molecule has 1 aromatic rings. The molecule has 1 atom stereocenters. The highest BCUT2D eigenvalue weighted by atomic mass is 16.5. The van der Waals surface area contributed by atoms with Crippen LogP contribution in [-0.2, 0) is 19.9 Å². The first kappa shape index (κ1) is 17.0. The van der Waals surface area contributed by atoms with E-state index in [9.17, 15) is 9.59 Å². The largest absolute Gasteiger partial charge is 0.497 e. The van der Waals surface area contributed by atoms with Gasteiger partial charge in [-0.05, 0) is 31.5 Å². The maximum absolute atomic E-state index is 11.9. The third-order valence-corrected chi connectivity index (χ3v) is 3.06. The molecular formula is C15H21NO5. The number of aliphatic carboxylic acids is 1. The maximum Gasteiger partial charge on any atom is 0.306 e. The van der Waals surface area contributed by atoms with Gasteiger partial charge in [-0.3, -0.25) is 9.59 Å². The van der Waals surface area contributed by atoms with Crippen LogP contribution in [0.25, 0.3) is 0 Å². The van der Waals surface area contributed by atoms with E-state index in [-0.39, 0.29) is 18.9 Å². The predicted molar refractivity (Wildman–Crippen MR) is 77.2 cm³/mol. The van der Waals surface area contributed by atoms with Crippen LogP contribution in [0.2, 0.25) is 0 Å². The fraction of sp³-hybridized carbons (Fsp3) is 0.467. The number of methoxy groups -OCH3 is 1. The van der Waals surface area contributed by atoms with Crippen molar-refractivity contribution in [3.63, 3.8) is 0 Å². The minimum Gasteiger partial charge on any atom is -0.497 e. The number of nitrogens with one attached hydrogen (secondary N) is 1. The zero-order chi connectivity index (χ0) is 15.9. The average molecular weight is 295 g/mol. The van der Waals surface area contributed by atoms with E-state index < -0.39 is 11.5 Å². The molecular weight excluding hydrogens is 274 g/mol. The first-order chi connectivity index (χ1) is 9.91. The topological polar surface area (TPSA) is 84.9 Å². The number of hydrogen-bond acceptors (Lipinski definition) is 4. The average Bonchev–Trinajstić information content (AvgIpc) is 2.44. The molecule has 6 nitrogen and oxygen atoms in total. The van der Waals surface area contributed by atoms with Crippen LogP contribution < -0.4 is 10.1 Å². The summed E-state index contributed by atoms with van der Waals surface area (Å²) in [5.74, 6) is -0.761. The first-order valence-electron chi connectivity index (χ1n) is 6.66. The number of hydrogen-bond donors (Lipinski definition) is 2. The van der Waals surface area contributed by atoms with Gasteiger partial charge >= 0.3 is 5.97 Å². The van der Waals surface area contributed by atoms with Crippen molar-refractivity contribution in [2.45, 2.75) is 25.8 Å². The lowest BCUT2D eigenvalue weighted by Crippen LogP contribution is -2.46. The Morgan fingerprint density at radius 1 is 1.38 bits per heavy atom. The number of carboxylic acid groups (broad SMARTS) is 1. The number of amides is 1. The smallest absolute Gasteiger partial charge is 0.306 e. The molecule has 2 N–H and O–H groups in total. The predicted octanol–water partition coefficient (Wildman–Crippen LogP) is 1.54. The van der Waals surface area contributed by atoms with E-state index in [2.05, 4.69) is 5.32 Å². The van der Waals surface area contributed by atoms with E-state index in [1.807, 2.05) is 0 Å². The molecule has 1 aromatic carbocycles. The van der Waals surface area contributed by atoms with Gasteiger partial charge in [-0.2, -0.15) is 0 Å². The van der Waals surface area contributed by atoms with Crippen LogP contribution in [0.4, 0.5) is 0 Å². The van der Waals surface area contributed by atoms with Crippen LogP contribution in [-0.4, -0.2) is 37.3 Å². The van der Waals surface area contributed by atoms with E-state index in [1.165, 1.54) is 7.11 Å². The summed E-state index contributed by atoms with van der Waals surface area (Å²) in [4.78, 5) is 23.0. The van der Waals surface area contributed by atoms with E-state index >= 15 is 0 Å². The van der Waals surface area contributed by atoms with Crippen LogP contribution in [0, 0.1) is 0 Å². The van der Waals surface area contributed by atoms with Crippen LogP contribution >= 0.6 is 0 Å². The van der Waals surface area contributed by atoms with Gasteiger partial charge in [0.2, 0.25) is 5.91 Å². The van der Waals surface area contributed by atoms with Gasteiger partial charge in [-0.25, -0.2) is 0 Å². The minimum absolute atomic E-state index is 0.102. The molecule has 0 bridgehead atoms. The van der Waals surface area contributed by atoms with Crippen molar-refractivity contribution in [1.82, 2.24) is 5.32 Å². The molecule has 0 aliphatic heterocycles. The lowest BCUT2D eigenvalue weighted by molar-refractivity contribution is -0.139. The number of carbonyl (C=O) groups excluding carboxylic acids is 1. The maximum atomic E-state index is 11.9. The highest BCUT2D eigenvalue weighted by molar-refractivity contribution is 5.79. The molecule has 0 saturated carbocycles. The summed E-state index contributed by atoms with van der Waals surface area (Å²) in [6, 6.07) is 6.98. The van der Waals surface area contributed by atoms with Gasteiger partial charge in [0.25, 0.3) is 0 Å². The molecule has 0 radical (unpaired) electrons. The fourth-order valence-electron chi connectivity index (χ4n) is 2.03. The summed E-state index contributed by atoms with van der Waals surface area (Å²) in [6.45, 7) is 3.77. The van der Waals surface area contributed by atoms with Crippen molar-refractivity contribution in [3.05, 3.63) is 29.8 Å². The van der Waals surface area contributed by atoms with Gasteiger partial charge in [0.15, 0.2) is 0 Å². The van der Waals surface area contributed by atoms with Gasteiger partial charge in [0.05, 0.1) is 19.1 Å². The SMILES string of the molecule is CCOCC(=O)NC(C)(CC(=O)O)c1cccc(OC)c1. The Kier molecular flexibility index (Phi) is 6.17. The highest BCUT2D eigenvalue weighted by Crippen LogP contribution is 2.27. The van der Waals surface area contributed by atoms with Gasteiger partial charge < -0.3 is 19.9 Å². The monoisotopic (exact) mass is 295 g/mol. The van der Waals surface area contributed by atoms with Crippen LogP contribution in [0.5, 0.6) is 5.75 Å². The number of benzene rings is 1. The lowest BCUT2D eigenvalue weighted by Gasteiger charge is -2.30. The van der Waals surface area contributed by atoms with Crippen LogP contribution in [0.3, 0.4) is 0 Å². The van der Waals surface area contributed by atoms with E-state index in [0.29, 0.717) is 17.9 Å². The Bertz CT molecular complexity index is 503.